The molecule has 0 N–H and O–H groups in total. The normalized spacial score (nSPS) is 48.0. The molecular weight excluding hydrogens is 122 g/mol. The van der Waals surface area contributed by atoms with Crippen molar-refractivity contribution >= 4 is 0 Å². The molecule has 58 valence electrons. The van der Waals surface area contributed by atoms with Gasteiger partial charge in [-0.05, 0) is 37.6 Å². The second kappa shape index (κ2) is 2.23. The summed E-state index contributed by atoms with van der Waals surface area (Å²) in [5.74, 6) is 3.13. The Bertz CT molecular complexity index is 105. The van der Waals surface area contributed by atoms with Crippen LogP contribution in [0.5, 0.6) is 0 Å². The molecule has 0 aromatic heterocycles. The third kappa shape index (κ3) is 0.968. The lowest BCUT2D eigenvalue weighted by Gasteiger charge is -2.09. The van der Waals surface area contributed by atoms with Crippen LogP contribution in [0.2, 0.25) is 0 Å². The van der Waals surface area contributed by atoms with E-state index in [1.807, 2.05) is 0 Å². The Hall–Kier alpha value is -0.0400. The fourth-order valence-corrected chi connectivity index (χ4v) is 2.84. The van der Waals surface area contributed by atoms with E-state index in [1.54, 1.807) is 0 Å². The summed E-state index contributed by atoms with van der Waals surface area (Å²) in [6.45, 7) is 5.14. The lowest BCUT2D eigenvalue weighted by molar-refractivity contribution is 0.360. The van der Waals surface area contributed by atoms with Gasteiger partial charge in [-0.3, -0.25) is 0 Å². The van der Waals surface area contributed by atoms with E-state index < -0.39 is 0 Å². The minimum atomic E-state index is 1.02. The minimum Gasteiger partial charge on any atom is -0.306 e. The maximum absolute atomic E-state index is 2.49. The van der Waals surface area contributed by atoms with E-state index in [1.165, 1.54) is 25.9 Å². The van der Waals surface area contributed by atoms with Crippen molar-refractivity contribution in [2.45, 2.75) is 19.8 Å². The summed E-state index contributed by atoms with van der Waals surface area (Å²) >= 11 is 0. The molecule has 1 nitrogen and oxygen atoms in total. The molecule has 0 radical (unpaired) electrons. The van der Waals surface area contributed by atoms with E-state index in [0.717, 1.165) is 17.8 Å². The molecule has 1 heterocycles. The lowest BCUT2D eigenvalue weighted by Crippen LogP contribution is -2.15. The molecule has 0 amide bonds. The number of likely N-dealkylation sites (tertiary alicyclic amines) is 1. The largest absolute Gasteiger partial charge is 0.306 e. The van der Waals surface area contributed by atoms with Crippen molar-refractivity contribution in [1.29, 1.82) is 0 Å². The van der Waals surface area contributed by atoms with Crippen molar-refractivity contribution in [3.05, 3.63) is 0 Å². The molecule has 1 aliphatic heterocycles. The summed E-state index contributed by atoms with van der Waals surface area (Å²) in [5.41, 5.74) is 0. The third-order valence-electron chi connectivity index (χ3n) is 3.17. The zero-order valence-electron chi connectivity index (χ0n) is 7.01. The predicted octanol–water partition coefficient (Wildman–Crippen LogP) is 1.59. The van der Waals surface area contributed by atoms with E-state index in [2.05, 4.69) is 18.9 Å². The van der Waals surface area contributed by atoms with Crippen LogP contribution in [-0.2, 0) is 0 Å². The molecule has 10 heavy (non-hydrogen) atoms. The third-order valence-corrected chi connectivity index (χ3v) is 3.17. The molecule has 2 aliphatic rings. The number of nitrogens with zero attached hydrogens (tertiary/aromatic N) is 1. The summed E-state index contributed by atoms with van der Waals surface area (Å²) in [6.07, 6.45) is 2.99. The Labute approximate surface area is 63.4 Å². The number of fused-ring (bicyclic) bond motifs is 1. The first kappa shape index (κ1) is 6.66. The van der Waals surface area contributed by atoms with Crippen LogP contribution >= 0.6 is 0 Å². The zero-order chi connectivity index (χ0) is 7.14. The number of hydrogen-bond acceptors (Lipinski definition) is 1. The smallest absolute Gasteiger partial charge is 0.000995 e. The van der Waals surface area contributed by atoms with Gasteiger partial charge in [-0.1, -0.05) is 6.92 Å². The number of hydrogen-bond donors (Lipinski definition) is 0. The molecular formula is C9H17N. The fourth-order valence-electron chi connectivity index (χ4n) is 2.84. The SMILES string of the molecule is C[C@@H]1C[C@@H]2CN(C)C[C@@H]2C1. The Morgan fingerprint density at radius 1 is 1.10 bits per heavy atom. The summed E-state index contributed by atoms with van der Waals surface area (Å²) < 4.78 is 0. The highest BCUT2D eigenvalue weighted by atomic mass is 15.1. The van der Waals surface area contributed by atoms with Crippen molar-refractivity contribution in [2.24, 2.45) is 17.8 Å². The van der Waals surface area contributed by atoms with Gasteiger partial charge in [0.2, 0.25) is 0 Å². The highest BCUT2D eigenvalue weighted by Crippen LogP contribution is 2.40. The van der Waals surface area contributed by atoms with Crippen molar-refractivity contribution in [1.82, 2.24) is 4.90 Å². The molecule has 1 heteroatoms. The topological polar surface area (TPSA) is 3.24 Å². The van der Waals surface area contributed by atoms with Gasteiger partial charge in [-0.15, -0.1) is 0 Å². The lowest BCUT2D eigenvalue weighted by atomic mass is 10.0. The van der Waals surface area contributed by atoms with Crippen molar-refractivity contribution in [3.63, 3.8) is 0 Å². The molecule has 1 saturated heterocycles. The number of rotatable bonds is 0. The second-order valence-corrected chi connectivity index (χ2v) is 4.32. The summed E-state index contributed by atoms with van der Waals surface area (Å²) in [4.78, 5) is 2.49. The van der Waals surface area contributed by atoms with Crippen LogP contribution in [0.1, 0.15) is 19.8 Å². The van der Waals surface area contributed by atoms with Crippen molar-refractivity contribution in [3.8, 4) is 0 Å². The Morgan fingerprint density at radius 2 is 1.60 bits per heavy atom. The molecule has 0 spiro atoms. The first-order chi connectivity index (χ1) is 4.75. The van der Waals surface area contributed by atoms with Gasteiger partial charge in [0, 0.05) is 13.1 Å². The minimum absolute atomic E-state index is 1.02. The Balaban J connectivity index is 2.00. The molecule has 0 aromatic carbocycles. The molecule has 3 atom stereocenters. The molecule has 0 bridgehead atoms. The average Bonchev–Trinajstić information content (AvgIpc) is 2.21. The first-order valence-corrected chi connectivity index (χ1v) is 4.44. The molecule has 2 rings (SSSR count). The molecule has 2 fully saturated rings. The molecule has 1 saturated carbocycles. The van der Waals surface area contributed by atoms with Gasteiger partial charge in [0.25, 0.3) is 0 Å². The maximum atomic E-state index is 2.49. The maximum Gasteiger partial charge on any atom is 0.000995 e. The second-order valence-electron chi connectivity index (χ2n) is 4.32. The molecule has 0 unspecified atom stereocenters. The van der Waals surface area contributed by atoms with Gasteiger partial charge in [-0.25, -0.2) is 0 Å². The Kier molecular flexibility index (Phi) is 1.48. The van der Waals surface area contributed by atoms with Crippen molar-refractivity contribution in [2.75, 3.05) is 20.1 Å². The van der Waals surface area contributed by atoms with E-state index in [4.69, 9.17) is 0 Å². The van der Waals surface area contributed by atoms with Crippen LogP contribution in [0.15, 0.2) is 0 Å². The van der Waals surface area contributed by atoms with Gasteiger partial charge in [0.1, 0.15) is 0 Å². The van der Waals surface area contributed by atoms with Crippen LogP contribution < -0.4 is 0 Å². The van der Waals surface area contributed by atoms with E-state index in [-0.39, 0.29) is 0 Å². The van der Waals surface area contributed by atoms with Gasteiger partial charge in [0.15, 0.2) is 0 Å². The van der Waals surface area contributed by atoms with Gasteiger partial charge in [0.05, 0.1) is 0 Å². The van der Waals surface area contributed by atoms with Crippen LogP contribution in [0.25, 0.3) is 0 Å². The first-order valence-electron chi connectivity index (χ1n) is 4.44. The van der Waals surface area contributed by atoms with Gasteiger partial charge in [-0.2, -0.15) is 0 Å². The predicted molar refractivity (Wildman–Crippen MR) is 42.9 cm³/mol. The highest BCUT2D eigenvalue weighted by molar-refractivity contribution is 4.89. The van der Waals surface area contributed by atoms with Crippen LogP contribution in [0.4, 0.5) is 0 Å². The van der Waals surface area contributed by atoms with E-state index in [9.17, 15) is 0 Å². The summed E-state index contributed by atoms with van der Waals surface area (Å²) in [6, 6.07) is 0. The molecule has 0 aromatic rings. The van der Waals surface area contributed by atoms with E-state index >= 15 is 0 Å². The van der Waals surface area contributed by atoms with Crippen LogP contribution in [0.3, 0.4) is 0 Å². The average molecular weight is 139 g/mol. The van der Waals surface area contributed by atoms with Gasteiger partial charge < -0.3 is 4.90 Å². The van der Waals surface area contributed by atoms with Gasteiger partial charge >= 0.3 is 0 Å². The van der Waals surface area contributed by atoms with E-state index in [0.29, 0.717) is 0 Å². The standard InChI is InChI=1S/C9H17N/c1-7-3-8-5-10(2)6-9(8)4-7/h7-9H,3-6H2,1-2H3/t7-,8-,9+. The fraction of sp³-hybridized carbons (Fsp3) is 1.00. The van der Waals surface area contributed by atoms with Crippen molar-refractivity contribution < 1.29 is 0 Å². The van der Waals surface area contributed by atoms with Crippen LogP contribution in [-0.4, -0.2) is 25.0 Å². The quantitative estimate of drug-likeness (QED) is 0.492. The monoisotopic (exact) mass is 139 g/mol. The Morgan fingerprint density at radius 3 is 2.10 bits per heavy atom. The molecule has 1 aliphatic carbocycles. The van der Waals surface area contributed by atoms with Crippen LogP contribution in [0, 0.1) is 17.8 Å². The zero-order valence-corrected chi connectivity index (χ0v) is 7.01. The summed E-state index contributed by atoms with van der Waals surface area (Å²) in [5, 5.41) is 0. The summed E-state index contributed by atoms with van der Waals surface area (Å²) in [7, 11) is 2.25. The highest BCUT2D eigenvalue weighted by Gasteiger charge is 2.37.